The van der Waals surface area contributed by atoms with Crippen LogP contribution in [0.25, 0.3) is 5.69 Å². The Morgan fingerprint density at radius 1 is 1.21 bits per heavy atom. The second-order valence-corrected chi connectivity index (χ2v) is 6.65. The molecule has 0 spiro atoms. The van der Waals surface area contributed by atoms with E-state index in [-0.39, 0.29) is 18.1 Å². The van der Waals surface area contributed by atoms with E-state index in [9.17, 15) is 4.79 Å². The number of ether oxygens (including phenoxy) is 1. The molecule has 2 aliphatic rings. The summed E-state index contributed by atoms with van der Waals surface area (Å²) in [6, 6.07) is 10.2. The molecule has 1 saturated carbocycles. The second-order valence-electron chi connectivity index (χ2n) is 6.65. The maximum atomic E-state index is 12.8. The summed E-state index contributed by atoms with van der Waals surface area (Å²) in [5, 5.41) is 4.39. The number of para-hydroxylation sites is 1. The molecule has 0 radical (unpaired) electrons. The van der Waals surface area contributed by atoms with Crippen LogP contribution in [-0.2, 0) is 16.0 Å². The molecule has 0 bridgehead atoms. The third kappa shape index (κ3) is 3.08. The molecule has 1 saturated heterocycles. The molecular formula is C19H23N3O2. The van der Waals surface area contributed by atoms with Crippen LogP contribution in [0.4, 0.5) is 0 Å². The van der Waals surface area contributed by atoms with Crippen LogP contribution in [0.1, 0.15) is 31.2 Å². The quantitative estimate of drug-likeness (QED) is 0.871. The molecule has 4 rings (SSSR count). The van der Waals surface area contributed by atoms with Gasteiger partial charge in [-0.15, -0.1) is 0 Å². The lowest BCUT2D eigenvalue weighted by Gasteiger charge is -2.43. The molecule has 1 aromatic heterocycles. The fourth-order valence-corrected chi connectivity index (χ4v) is 3.86. The standard InChI is InChI=1S/C19H23N3O2/c23-19(21-10-11-24-18-9-5-4-8-17(18)21)12-15-13-20-22(14-15)16-6-2-1-3-7-16/h1-3,6-7,13-14,17-18H,4-5,8-12H2. The number of morpholine rings is 1. The molecule has 1 amide bonds. The van der Waals surface area contributed by atoms with Crippen LogP contribution in [0.3, 0.4) is 0 Å². The van der Waals surface area contributed by atoms with Crippen molar-refractivity contribution in [2.45, 2.75) is 44.2 Å². The minimum Gasteiger partial charge on any atom is -0.374 e. The summed E-state index contributed by atoms with van der Waals surface area (Å²) < 4.78 is 7.69. The molecule has 2 fully saturated rings. The number of hydrogen-bond donors (Lipinski definition) is 0. The van der Waals surface area contributed by atoms with Crippen LogP contribution in [0.2, 0.25) is 0 Å². The van der Waals surface area contributed by atoms with Crippen molar-refractivity contribution in [1.82, 2.24) is 14.7 Å². The molecule has 5 heteroatoms. The van der Waals surface area contributed by atoms with E-state index in [1.54, 1.807) is 6.20 Å². The number of aromatic nitrogens is 2. The highest BCUT2D eigenvalue weighted by Gasteiger charge is 2.36. The summed E-state index contributed by atoms with van der Waals surface area (Å²) in [4.78, 5) is 14.9. The van der Waals surface area contributed by atoms with E-state index < -0.39 is 0 Å². The van der Waals surface area contributed by atoms with E-state index in [0.717, 1.165) is 24.1 Å². The van der Waals surface area contributed by atoms with Gasteiger partial charge in [-0.3, -0.25) is 4.79 Å². The van der Waals surface area contributed by atoms with Gasteiger partial charge >= 0.3 is 0 Å². The Labute approximate surface area is 142 Å². The van der Waals surface area contributed by atoms with Gasteiger partial charge in [0.15, 0.2) is 0 Å². The Hall–Kier alpha value is -2.14. The first-order valence-electron chi connectivity index (χ1n) is 8.81. The summed E-state index contributed by atoms with van der Waals surface area (Å²) in [6.07, 6.45) is 8.96. The second kappa shape index (κ2) is 6.77. The van der Waals surface area contributed by atoms with Crippen molar-refractivity contribution in [2.24, 2.45) is 0 Å². The maximum Gasteiger partial charge on any atom is 0.227 e. The molecular weight excluding hydrogens is 302 g/mol. The predicted molar refractivity (Wildman–Crippen MR) is 91.0 cm³/mol. The molecule has 2 aromatic rings. The van der Waals surface area contributed by atoms with E-state index >= 15 is 0 Å². The number of hydrogen-bond acceptors (Lipinski definition) is 3. The lowest BCUT2D eigenvalue weighted by Crippen LogP contribution is -2.55. The van der Waals surface area contributed by atoms with Crippen molar-refractivity contribution in [3.05, 3.63) is 48.3 Å². The third-order valence-corrected chi connectivity index (χ3v) is 5.06. The first-order chi connectivity index (χ1) is 11.8. The van der Waals surface area contributed by atoms with Crippen LogP contribution in [0, 0.1) is 0 Å². The normalized spacial score (nSPS) is 23.8. The Kier molecular flexibility index (Phi) is 4.34. The van der Waals surface area contributed by atoms with Crippen molar-refractivity contribution in [2.75, 3.05) is 13.2 Å². The predicted octanol–water partition coefficient (Wildman–Crippen LogP) is 2.58. The van der Waals surface area contributed by atoms with Crippen LogP contribution >= 0.6 is 0 Å². The molecule has 1 aliphatic heterocycles. The van der Waals surface area contributed by atoms with E-state index in [2.05, 4.69) is 5.10 Å². The highest BCUT2D eigenvalue weighted by Crippen LogP contribution is 2.28. The Bertz CT molecular complexity index is 696. The van der Waals surface area contributed by atoms with E-state index in [1.165, 1.54) is 12.8 Å². The van der Waals surface area contributed by atoms with Gasteiger partial charge in [0.1, 0.15) is 0 Å². The van der Waals surface area contributed by atoms with Gasteiger partial charge in [-0.2, -0.15) is 5.10 Å². The Balaban J connectivity index is 1.45. The van der Waals surface area contributed by atoms with Gasteiger partial charge in [-0.25, -0.2) is 4.68 Å². The number of nitrogens with zero attached hydrogens (tertiary/aromatic N) is 3. The average molecular weight is 325 g/mol. The van der Waals surface area contributed by atoms with Crippen molar-refractivity contribution in [1.29, 1.82) is 0 Å². The van der Waals surface area contributed by atoms with E-state index in [1.807, 2.05) is 46.1 Å². The topological polar surface area (TPSA) is 47.4 Å². The van der Waals surface area contributed by atoms with Crippen molar-refractivity contribution >= 4 is 5.91 Å². The number of rotatable bonds is 3. The Morgan fingerprint density at radius 3 is 2.92 bits per heavy atom. The Morgan fingerprint density at radius 2 is 2.04 bits per heavy atom. The number of benzene rings is 1. The fourth-order valence-electron chi connectivity index (χ4n) is 3.86. The summed E-state index contributed by atoms with van der Waals surface area (Å²) in [5.41, 5.74) is 1.97. The monoisotopic (exact) mass is 325 g/mol. The largest absolute Gasteiger partial charge is 0.374 e. The summed E-state index contributed by atoms with van der Waals surface area (Å²) in [6.45, 7) is 1.38. The van der Waals surface area contributed by atoms with Gasteiger partial charge in [0.05, 0.1) is 37.1 Å². The molecule has 1 aliphatic carbocycles. The first-order valence-corrected chi connectivity index (χ1v) is 8.81. The summed E-state index contributed by atoms with van der Waals surface area (Å²) >= 11 is 0. The average Bonchev–Trinajstić information content (AvgIpc) is 3.10. The highest BCUT2D eigenvalue weighted by molar-refractivity contribution is 5.79. The lowest BCUT2D eigenvalue weighted by atomic mass is 9.90. The minimum absolute atomic E-state index is 0.197. The highest BCUT2D eigenvalue weighted by atomic mass is 16.5. The molecule has 2 atom stereocenters. The van der Waals surface area contributed by atoms with Crippen LogP contribution in [0.15, 0.2) is 42.7 Å². The zero-order chi connectivity index (χ0) is 16.4. The molecule has 5 nitrogen and oxygen atoms in total. The van der Waals surface area contributed by atoms with E-state index in [0.29, 0.717) is 19.6 Å². The molecule has 2 unspecified atom stereocenters. The fraction of sp³-hybridized carbons (Fsp3) is 0.474. The zero-order valence-corrected chi connectivity index (χ0v) is 13.8. The number of fused-ring (bicyclic) bond motifs is 1. The number of amides is 1. The molecule has 1 aromatic carbocycles. The van der Waals surface area contributed by atoms with Gasteiger partial charge in [-0.05, 0) is 30.5 Å². The summed E-state index contributed by atoms with van der Waals surface area (Å²) in [5.74, 6) is 0.197. The zero-order valence-electron chi connectivity index (χ0n) is 13.8. The third-order valence-electron chi connectivity index (χ3n) is 5.06. The molecule has 0 N–H and O–H groups in total. The smallest absolute Gasteiger partial charge is 0.227 e. The summed E-state index contributed by atoms with van der Waals surface area (Å²) in [7, 11) is 0. The van der Waals surface area contributed by atoms with E-state index in [4.69, 9.17) is 4.74 Å². The van der Waals surface area contributed by atoms with Crippen LogP contribution < -0.4 is 0 Å². The van der Waals surface area contributed by atoms with Gasteiger partial charge in [0, 0.05) is 12.7 Å². The number of carbonyl (C=O) groups is 1. The van der Waals surface area contributed by atoms with Crippen molar-refractivity contribution in [3.8, 4) is 5.69 Å². The molecule has 126 valence electrons. The van der Waals surface area contributed by atoms with Gasteiger partial charge in [-0.1, -0.05) is 31.0 Å². The van der Waals surface area contributed by atoms with Crippen LogP contribution in [0.5, 0.6) is 0 Å². The SMILES string of the molecule is O=C(Cc1cnn(-c2ccccc2)c1)N1CCOC2CCCCC21. The van der Waals surface area contributed by atoms with Crippen LogP contribution in [-0.4, -0.2) is 45.9 Å². The van der Waals surface area contributed by atoms with Crippen molar-refractivity contribution < 1.29 is 9.53 Å². The molecule has 24 heavy (non-hydrogen) atoms. The lowest BCUT2D eigenvalue weighted by molar-refractivity contribution is -0.148. The van der Waals surface area contributed by atoms with Gasteiger partial charge in [0.25, 0.3) is 0 Å². The maximum absolute atomic E-state index is 12.8. The minimum atomic E-state index is 0.197. The van der Waals surface area contributed by atoms with Crippen molar-refractivity contribution in [3.63, 3.8) is 0 Å². The molecule has 2 heterocycles. The number of carbonyl (C=O) groups excluding carboxylic acids is 1. The first kappa shape index (κ1) is 15.4. The van der Waals surface area contributed by atoms with Gasteiger partial charge < -0.3 is 9.64 Å². The van der Waals surface area contributed by atoms with Gasteiger partial charge in [0.2, 0.25) is 5.91 Å².